The highest BCUT2D eigenvalue weighted by molar-refractivity contribution is 7.89. The molecule has 0 atom stereocenters. The lowest BCUT2D eigenvalue weighted by Gasteiger charge is -2.06. The first-order chi connectivity index (χ1) is 8.42. The van der Waals surface area contributed by atoms with Crippen molar-refractivity contribution in [2.45, 2.75) is 24.2 Å². The van der Waals surface area contributed by atoms with E-state index in [4.69, 9.17) is 11.5 Å². The highest BCUT2D eigenvalue weighted by atomic mass is 32.2. The Kier molecular flexibility index (Phi) is 5.05. The summed E-state index contributed by atoms with van der Waals surface area (Å²) in [6.07, 6.45) is 2.55. The summed E-state index contributed by atoms with van der Waals surface area (Å²) in [6.45, 7) is 0.250. The van der Waals surface area contributed by atoms with Gasteiger partial charge in [0, 0.05) is 19.2 Å². The van der Waals surface area contributed by atoms with Gasteiger partial charge in [-0.1, -0.05) is 0 Å². The number of amides is 1. The number of pyridine rings is 1. The van der Waals surface area contributed by atoms with Crippen molar-refractivity contribution in [1.29, 1.82) is 0 Å². The maximum absolute atomic E-state index is 11.8. The zero-order chi connectivity index (χ0) is 13.6. The van der Waals surface area contributed by atoms with Crippen molar-refractivity contribution in [1.82, 2.24) is 9.71 Å². The quantitative estimate of drug-likeness (QED) is 0.582. The molecule has 0 radical (unpaired) electrons. The fraction of sp³-hybridized carbons (Fsp3) is 0.400. The predicted octanol–water partition coefficient (Wildman–Crippen LogP) is -0.402. The third-order valence-electron chi connectivity index (χ3n) is 2.21. The molecule has 0 aliphatic rings. The third-order valence-corrected chi connectivity index (χ3v) is 3.66. The van der Waals surface area contributed by atoms with Crippen LogP contribution in [0.4, 0.5) is 5.82 Å². The van der Waals surface area contributed by atoms with E-state index < -0.39 is 10.0 Å². The molecule has 1 rings (SSSR count). The molecule has 0 spiro atoms. The van der Waals surface area contributed by atoms with Gasteiger partial charge in [0.15, 0.2) is 0 Å². The number of carbonyl (C=O) groups is 1. The number of nitrogens with zero attached hydrogens (tertiary/aromatic N) is 1. The Morgan fingerprint density at radius 3 is 2.61 bits per heavy atom. The van der Waals surface area contributed by atoms with Crippen LogP contribution in [-0.4, -0.2) is 25.9 Å². The lowest BCUT2D eigenvalue weighted by atomic mass is 10.2. The highest BCUT2D eigenvalue weighted by Crippen LogP contribution is 2.08. The van der Waals surface area contributed by atoms with E-state index in [1.807, 2.05) is 0 Å². The molecule has 1 aromatic heterocycles. The zero-order valence-corrected chi connectivity index (χ0v) is 10.6. The molecule has 1 amide bonds. The van der Waals surface area contributed by atoms with Crippen LogP contribution >= 0.6 is 0 Å². The Balaban J connectivity index is 2.45. The van der Waals surface area contributed by atoms with Crippen LogP contribution < -0.4 is 16.2 Å². The number of sulfonamides is 1. The van der Waals surface area contributed by atoms with Crippen LogP contribution in [0.3, 0.4) is 0 Å². The normalized spacial score (nSPS) is 11.3. The molecule has 5 N–H and O–H groups in total. The number of primary amides is 1. The standard InChI is InChI=1S/C10H16N4O3S/c11-9-5-4-8(7-13-9)18(16,17)14-6-2-1-3-10(12)15/h4-5,7,14H,1-3,6H2,(H2,11,13)(H2,12,15). The number of hydrogen-bond donors (Lipinski definition) is 3. The third kappa shape index (κ3) is 4.68. The Morgan fingerprint density at radius 1 is 1.33 bits per heavy atom. The summed E-state index contributed by atoms with van der Waals surface area (Å²) in [4.78, 5) is 14.2. The summed E-state index contributed by atoms with van der Waals surface area (Å²) in [5, 5.41) is 0. The number of anilines is 1. The van der Waals surface area contributed by atoms with E-state index in [9.17, 15) is 13.2 Å². The SMILES string of the molecule is NC(=O)CCCCNS(=O)(=O)c1ccc(N)nc1. The first kappa shape index (κ1) is 14.4. The van der Waals surface area contributed by atoms with Gasteiger partial charge < -0.3 is 11.5 Å². The van der Waals surface area contributed by atoms with Gasteiger partial charge >= 0.3 is 0 Å². The molecule has 0 aliphatic carbocycles. The van der Waals surface area contributed by atoms with Crippen LogP contribution in [0.2, 0.25) is 0 Å². The van der Waals surface area contributed by atoms with Crippen LogP contribution in [0.25, 0.3) is 0 Å². The molecule has 8 heteroatoms. The van der Waals surface area contributed by atoms with Crippen molar-refractivity contribution in [2.75, 3.05) is 12.3 Å². The lowest BCUT2D eigenvalue weighted by Crippen LogP contribution is -2.25. The van der Waals surface area contributed by atoms with Gasteiger partial charge in [-0.2, -0.15) is 0 Å². The number of aromatic nitrogens is 1. The topological polar surface area (TPSA) is 128 Å². The van der Waals surface area contributed by atoms with E-state index in [-0.39, 0.29) is 29.6 Å². The van der Waals surface area contributed by atoms with E-state index >= 15 is 0 Å². The Bertz CT molecular complexity index is 498. The van der Waals surface area contributed by atoms with E-state index in [1.165, 1.54) is 18.3 Å². The molecular formula is C10H16N4O3S. The second-order valence-electron chi connectivity index (χ2n) is 3.74. The molecule has 0 unspecified atom stereocenters. The smallest absolute Gasteiger partial charge is 0.242 e. The van der Waals surface area contributed by atoms with Crippen molar-refractivity contribution in [3.8, 4) is 0 Å². The molecule has 0 fully saturated rings. The Morgan fingerprint density at radius 2 is 2.06 bits per heavy atom. The number of nitrogen functional groups attached to an aromatic ring is 1. The van der Waals surface area contributed by atoms with Gasteiger partial charge in [-0.25, -0.2) is 18.1 Å². The molecule has 0 saturated carbocycles. The maximum atomic E-state index is 11.8. The molecular weight excluding hydrogens is 256 g/mol. The van der Waals surface area contributed by atoms with Crippen LogP contribution in [0.15, 0.2) is 23.2 Å². The molecule has 0 bridgehead atoms. The number of rotatable bonds is 7. The van der Waals surface area contributed by atoms with Crippen molar-refractivity contribution < 1.29 is 13.2 Å². The average molecular weight is 272 g/mol. The van der Waals surface area contributed by atoms with Crippen LogP contribution in [-0.2, 0) is 14.8 Å². The maximum Gasteiger partial charge on any atom is 0.242 e. The molecule has 7 nitrogen and oxygen atoms in total. The fourth-order valence-corrected chi connectivity index (χ4v) is 2.28. The lowest BCUT2D eigenvalue weighted by molar-refractivity contribution is -0.118. The highest BCUT2D eigenvalue weighted by Gasteiger charge is 2.13. The minimum atomic E-state index is -3.56. The molecule has 100 valence electrons. The molecule has 1 heterocycles. The van der Waals surface area contributed by atoms with Crippen molar-refractivity contribution in [3.63, 3.8) is 0 Å². The monoisotopic (exact) mass is 272 g/mol. The van der Waals surface area contributed by atoms with Crippen LogP contribution in [0.1, 0.15) is 19.3 Å². The minimum absolute atomic E-state index is 0.0617. The van der Waals surface area contributed by atoms with Crippen molar-refractivity contribution in [2.24, 2.45) is 5.73 Å². The first-order valence-corrected chi connectivity index (χ1v) is 6.89. The molecule has 0 aromatic carbocycles. The van der Waals surface area contributed by atoms with E-state index in [0.29, 0.717) is 12.8 Å². The van der Waals surface area contributed by atoms with Gasteiger partial charge in [0.25, 0.3) is 0 Å². The van der Waals surface area contributed by atoms with Gasteiger partial charge in [-0.05, 0) is 25.0 Å². The van der Waals surface area contributed by atoms with Crippen LogP contribution in [0.5, 0.6) is 0 Å². The number of nitrogens with one attached hydrogen (secondary N) is 1. The van der Waals surface area contributed by atoms with Gasteiger partial charge in [0.1, 0.15) is 10.7 Å². The minimum Gasteiger partial charge on any atom is -0.384 e. The van der Waals surface area contributed by atoms with E-state index in [0.717, 1.165) is 0 Å². The van der Waals surface area contributed by atoms with Gasteiger partial charge in [-0.15, -0.1) is 0 Å². The number of nitrogens with two attached hydrogens (primary N) is 2. The largest absolute Gasteiger partial charge is 0.384 e. The first-order valence-electron chi connectivity index (χ1n) is 5.41. The van der Waals surface area contributed by atoms with Gasteiger partial charge in [0.2, 0.25) is 15.9 Å². The van der Waals surface area contributed by atoms with Gasteiger partial charge in [0.05, 0.1) is 0 Å². The number of carbonyl (C=O) groups excluding carboxylic acids is 1. The Labute approximate surface area is 106 Å². The summed E-state index contributed by atoms with van der Waals surface area (Å²) in [6, 6.07) is 2.80. The molecule has 0 aliphatic heterocycles. The summed E-state index contributed by atoms with van der Waals surface area (Å²) in [5.74, 6) is -0.129. The van der Waals surface area contributed by atoms with E-state index in [1.54, 1.807) is 0 Å². The summed E-state index contributed by atoms with van der Waals surface area (Å²) in [5.41, 5.74) is 10.3. The second kappa shape index (κ2) is 6.31. The average Bonchev–Trinajstić information content (AvgIpc) is 2.28. The Hall–Kier alpha value is -1.67. The fourth-order valence-electron chi connectivity index (χ4n) is 1.26. The zero-order valence-electron chi connectivity index (χ0n) is 9.80. The van der Waals surface area contributed by atoms with Gasteiger partial charge in [-0.3, -0.25) is 4.79 Å². The van der Waals surface area contributed by atoms with Crippen molar-refractivity contribution >= 4 is 21.7 Å². The summed E-state index contributed by atoms with van der Waals surface area (Å²) < 4.78 is 25.9. The van der Waals surface area contributed by atoms with E-state index in [2.05, 4.69) is 9.71 Å². The molecule has 18 heavy (non-hydrogen) atoms. The van der Waals surface area contributed by atoms with Crippen LogP contribution in [0, 0.1) is 0 Å². The summed E-state index contributed by atoms with van der Waals surface area (Å²) in [7, 11) is -3.56. The van der Waals surface area contributed by atoms with Crippen molar-refractivity contribution in [3.05, 3.63) is 18.3 Å². The second-order valence-corrected chi connectivity index (χ2v) is 5.51. The molecule has 1 aromatic rings. The number of hydrogen-bond acceptors (Lipinski definition) is 5. The predicted molar refractivity (Wildman–Crippen MR) is 66.9 cm³/mol. The molecule has 0 saturated heterocycles. The summed E-state index contributed by atoms with van der Waals surface area (Å²) >= 11 is 0. The number of unbranched alkanes of at least 4 members (excludes halogenated alkanes) is 1.